The Hall–Kier alpha value is -1.59. The van der Waals surface area contributed by atoms with Gasteiger partial charge in [-0.25, -0.2) is 0 Å². The third-order valence-electron chi connectivity index (χ3n) is 2.84. The summed E-state index contributed by atoms with van der Waals surface area (Å²) in [5.41, 5.74) is 6.63. The fourth-order valence-electron chi connectivity index (χ4n) is 1.68. The van der Waals surface area contributed by atoms with E-state index in [1.807, 2.05) is 13.8 Å². The lowest BCUT2D eigenvalue weighted by atomic mass is 10.1. The number of carbonyl (C=O) groups is 2. The smallest absolute Gasteiger partial charge is 0.253 e. The predicted octanol–water partition coefficient (Wildman–Crippen LogP) is 1.88. The highest BCUT2D eigenvalue weighted by atomic mass is 35.5. The first-order valence-electron chi connectivity index (χ1n) is 6.45. The summed E-state index contributed by atoms with van der Waals surface area (Å²) in [6.45, 7) is 6.80. The highest BCUT2D eigenvalue weighted by Gasteiger charge is 2.13. The van der Waals surface area contributed by atoms with Gasteiger partial charge in [0.15, 0.2) is 0 Å². The molecule has 0 aromatic heterocycles. The van der Waals surface area contributed by atoms with Gasteiger partial charge in [-0.15, -0.1) is 12.4 Å². The van der Waals surface area contributed by atoms with Gasteiger partial charge in [0.25, 0.3) is 5.91 Å². The molecule has 0 aliphatic rings. The van der Waals surface area contributed by atoms with E-state index in [-0.39, 0.29) is 24.2 Å². The summed E-state index contributed by atoms with van der Waals surface area (Å²) in [6, 6.07) is 6.30. The van der Waals surface area contributed by atoms with Gasteiger partial charge in [0.05, 0.1) is 6.04 Å². The quantitative estimate of drug-likeness (QED) is 0.871. The molecule has 0 unspecified atom stereocenters. The van der Waals surface area contributed by atoms with Crippen molar-refractivity contribution in [2.75, 3.05) is 18.4 Å². The van der Waals surface area contributed by atoms with Crippen LogP contribution in [0, 0.1) is 0 Å². The Kier molecular flexibility index (Phi) is 7.87. The number of nitrogens with two attached hydrogens (primary N) is 1. The zero-order chi connectivity index (χ0) is 14.4. The zero-order valence-electron chi connectivity index (χ0n) is 12.1. The minimum Gasteiger partial charge on any atom is -0.339 e. The van der Waals surface area contributed by atoms with Crippen molar-refractivity contribution in [3.8, 4) is 0 Å². The van der Waals surface area contributed by atoms with Crippen LogP contribution < -0.4 is 11.1 Å². The number of benzene rings is 1. The van der Waals surface area contributed by atoms with Crippen molar-refractivity contribution in [2.24, 2.45) is 5.73 Å². The lowest BCUT2D eigenvalue weighted by Gasteiger charge is -2.19. The second kappa shape index (κ2) is 8.55. The average molecular weight is 300 g/mol. The predicted molar refractivity (Wildman–Crippen MR) is 83.2 cm³/mol. The number of rotatable bonds is 5. The standard InChI is InChI=1S/C14H21N3O2.ClH/c1-4-17(5-2)14(19)11-7-6-8-12(9-11)16-13(18)10(3)15;/h6-10H,4-5,15H2,1-3H3,(H,16,18);1H/t10-;/m1./s1. The number of hydrogen-bond donors (Lipinski definition) is 2. The van der Waals surface area contributed by atoms with Gasteiger partial charge in [-0.3, -0.25) is 9.59 Å². The summed E-state index contributed by atoms with van der Waals surface area (Å²) in [7, 11) is 0. The fourth-order valence-corrected chi connectivity index (χ4v) is 1.68. The van der Waals surface area contributed by atoms with E-state index in [9.17, 15) is 9.59 Å². The molecule has 5 nitrogen and oxygen atoms in total. The summed E-state index contributed by atoms with van der Waals surface area (Å²) in [6.07, 6.45) is 0. The molecule has 3 N–H and O–H groups in total. The zero-order valence-corrected chi connectivity index (χ0v) is 12.9. The normalized spacial score (nSPS) is 11.2. The maximum atomic E-state index is 12.2. The second-order valence-corrected chi connectivity index (χ2v) is 4.34. The Morgan fingerprint density at radius 1 is 1.30 bits per heavy atom. The van der Waals surface area contributed by atoms with Gasteiger partial charge in [-0.2, -0.15) is 0 Å². The molecule has 1 atom stereocenters. The molecule has 6 heteroatoms. The number of anilines is 1. The van der Waals surface area contributed by atoms with Crippen LogP contribution in [0.25, 0.3) is 0 Å². The molecule has 0 aliphatic heterocycles. The van der Waals surface area contributed by atoms with E-state index in [0.717, 1.165) is 0 Å². The molecule has 1 aromatic rings. The van der Waals surface area contributed by atoms with E-state index in [0.29, 0.717) is 24.3 Å². The molecule has 0 saturated heterocycles. The molecule has 0 fully saturated rings. The number of nitrogens with one attached hydrogen (secondary N) is 1. The van der Waals surface area contributed by atoms with Crippen LogP contribution in [0.3, 0.4) is 0 Å². The SMILES string of the molecule is CCN(CC)C(=O)c1cccc(NC(=O)[C@@H](C)N)c1.Cl. The number of nitrogens with zero attached hydrogens (tertiary/aromatic N) is 1. The van der Waals surface area contributed by atoms with E-state index in [4.69, 9.17) is 5.73 Å². The Labute approximate surface area is 125 Å². The van der Waals surface area contributed by atoms with Crippen molar-refractivity contribution in [2.45, 2.75) is 26.8 Å². The van der Waals surface area contributed by atoms with Gasteiger partial charge >= 0.3 is 0 Å². The summed E-state index contributed by atoms with van der Waals surface area (Å²) in [5.74, 6) is -0.311. The monoisotopic (exact) mass is 299 g/mol. The summed E-state index contributed by atoms with van der Waals surface area (Å²) in [4.78, 5) is 25.4. The van der Waals surface area contributed by atoms with Crippen LogP contribution in [0.5, 0.6) is 0 Å². The molecular weight excluding hydrogens is 278 g/mol. The topological polar surface area (TPSA) is 75.4 Å². The van der Waals surface area contributed by atoms with Crippen LogP contribution in [-0.2, 0) is 4.79 Å². The molecule has 20 heavy (non-hydrogen) atoms. The molecule has 1 aromatic carbocycles. The maximum Gasteiger partial charge on any atom is 0.253 e. The maximum absolute atomic E-state index is 12.2. The van der Waals surface area contributed by atoms with E-state index >= 15 is 0 Å². The molecule has 0 aliphatic carbocycles. The van der Waals surface area contributed by atoms with Crippen molar-refractivity contribution in [3.05, 3.63) is 29.8 Å². The largest absolute Gasteiger partial charge is 0.339 e. The van der Waals surface area contributed by atoms with Crippen molar-refractivity contribution in [1.82, 2.24) is 4.90 Å². The molecule has 0 spiro atoms. The Morgan fingerprint density at radius 3 is 2.40 bits per heavy atom. The lowest BCUT2D eigenvalue weighted by molar-refractivity contribution is -0.117. The van der Waals surface area contributed by atoms with Gasteiger partial charge in [0.2, 0.25) is 5.91 Å². The van der Waals surface area contributed by atoms with Crippen LogP contribution in [-0.4, -0.2) is 35.8 Å². The molecular formula is C14H22ClN3O2. The van der Waals surface area contributed by atoms with Gasteiger partial charge in [-0.1, -0.05) is 6.07 Å². The van der Waals surface area contributed by atoms with Crippen molar-refractivity contribution < 1.29 is 9.59 Å². The summed E-state index contributed by atoms with van der Waals surface area (Å²) >= 11 is 0. The van der Waals surface area contributed by atoms with E-state index in [2.05, 4.69) is 5.32 Å². The number of hydrogen-bond acceptors (Lipinski definition) is 3. The number of halogens is 1. The molecule has 112 valence electrons. The minimum atomic E-state index is -0.581. The highest BCUT2D eigenvalue weighted by Crippen LogP contribution is 2.13. The Balaban J connectivity index is 0.00000361. The molecule has 0 radical (unpaired) electrons. The third kappa shape index (κ3) is 4.83. The van der Waals surface area contributed by atoms with E-state index in [1.54, 1.807) is 36.1 Å². The van der Waals surface area contributed by atoms with Crippen LogP contribution in [0.15, 0.2) is 24.3 Å². The molecule has 0 heterocycles. The average Bonchev–Trinajstić information content (AvgIpc) is 2.40. The Morgan fingerprint density at radius 2 is 1.90 bits per heavy atom. The fraction of sp³-hybridized carbons (Fsp3) is 0.429. The van der Waals surface area contributed by atoms with Gasteiger partial charge in [-0.05, 0) is 39.0 Å². The molecule has 0 saturated carbocycles. The van der Waals surface area contributed by atoms with Gasteiger partial charge < -0.3 is 16.0 Å². The van der Waals surface area contributed by atoms with Gasteiger partial charge in [0.1, 0.15) is 0 Å². The second-order valence-electron chi connectivity index (χ2n) is 4.34. The minimum absolute atomic E-state index is 0. The number of carbonyl (C=O) groups excluding carboxylic acids is 2. The summed E-state index contributed by atoms with van der Waals surface area (Å²) < 4.78 is 0. The molecule has 0 bridgehead atoms. The Bertz CT molecular complexity index is 459. The van der Waals surface area contributed by atoms with Crippen LogP contribution in [0.1, 0.15) is 31.1 Å². The molecule has 2 amide bonds. The van der Waals surface area contributed by atoms with E-state index in [1.165, 1.54) is 0 Å². The number of amides is 2. The van der Waals surface area contributed by atoms with Crippen molar-refractivity contribution in [3.63, 3.8) is 0 Å². The van der Waals surface area contributed by atoms with Gasteiger partial charge in [0, 0.05) is 24.3 Å². The molecule has 1 rings (SSSR count). The van der Waals surface area contributed by atoms with Crippen LogP contribution in [0.2, 0.25) is 0 Å². The summed E-state index contributed by atoms with van der Waals surface area (Å²) in [5, 5.41) is 2.68. The highest BCUT2D eigenvalue weighted by molar-refractivity contribution is 5.98. The van der Waals surface area contributed by atoms with Crippen LogP contribution in [0.4, 0.5) is 5.69 Å². The lowest BCUT2D eigenvalue weighted by Crippen LogP contribution is -2.33. The van der Waals surface area contributed by atoms with Crippen LogP contribution >= 0.6 is 12.4 Å². The first-order chi connectivity index (χ1) is 8.99. The third-order valence-corrected chi connectivity index (χ3v) is 2.84. The first-order valence-corrected chi connectivity index (χ1v) is 6.45. The van der Waals surface area contributed by atoms with Crippen molar-refractivity contribution >= 4 is 29.9 Å². The first kappa shape index (κ1) is 18.4. The van der Waals surface area contributed by atoms with Crippen molar-refractivity contribution in [1.29, 1.82) is 0 Å². The van der Waals surface area contributed by atoms with E-state index < -0.39 is 6.04 Å².